The van der Waals surface area contributed by atoms with E-state index in [1.54, 1.807) is 16.8 Å². The lowest BCUT2D eigenvalue weighted by Crippen LogP contribution is -2.42. The lowest BCUT2D eigenvalue weighted by Gasteiger charge is -2.23. The molecule has 1 aromatic carbocycles. The maximum atomic E-state index is 12.3. The van der Waals surface area contributed by atoms with Crippen LogP contribution < -0.4 is 5.73 Å². The lowest BCUT2D eigenvalue weighted by molar-refractivity contribution is -0.139. The Morgan fingerprint density at radius 1 is 1.26 bits per heavy atom. The van der Waals surface area contributed by atoms with Crippen LogP contribution in [0.1, 0.15) is 18.0 Å². The average molecular weight is 261 g/mol. The van der Waals surface area contributed by atoms with Crippen LogP contribution >= 0.6 is 0 Å². The van der Waals surface area contributed by atoms with E-state index < -0.39 is 6.04 Å². The van der Waals surface area contributed by atoms with Crippen molar-refractivity contribution in [3.8, 4) is 0 Å². The van der Waals surface area contributed by atoms with Crippen molar-refractivity contribution in [1.82, 2.24) is 9.80 Å². The van der Waals surface area contributed by atoms with Gasteiger partial charge in [-0.3, -0.25) is 9.59 Å². The third-order valence-electron chi connectivity index (χ3n) is 3.41. The Labute approximate surface area is 113 Å². The van der Waals surface area contributed by atoms with Gasteiger partial charge in [-0.1, -0.05) is 30.3 Å². The molecule has 102 valence electrons. The predicted molar refractivity (Wildman–Crippen MR) is 72.2 cm³/mol. The summed E-state index contributed by atoms with van der Waals surface area (Å²) in [5.74, 6) is -0.221. The van der Waals surface area contributed by atoms with Crippen molar-refractivity contribution in [2.75, 3.05) is 26.7 Å². The topological polar surface area (TPSA) is 66.6 Å². The molecule has 0 bridgehead atoms. The van der Waals surface area contributed by atoms with Crippen LogP contribution in [0.25, 0.3) is 0 Å². The molecule has 0 aliphatic carbocycles. The van der Waals surface area contributed by atoms with Crippen molar-refractivity contribution in [2.24, 2.45) is 5.73 Å². The normalized spacial score (nSPS) is 18.1. The van der Waals surface area contributed by atoms with E-state index in [0.29, 0.717) is 13.1 Å². The second-order valence-electron chi connectivity index (χ2n) is 4.82. The van der Waals surface area contributed by atoms with Crippen molar-refractivity contribution >= 4 is 11.8 Å². The zero-order chi connectivity index (χ0) is 13.8. The molecule has 0 radical (unpaired) electrons. The largest absolute Gasteiger partial charge is 0.344 e. The summed E-state index contributed by atoms with van der Waals surface area (Å²) < 4.78 is 0. The van der Waals surface area contributed by atoms with Gasteiger partial charge in [-0.25, -0.2) is 0 Å². The second-order valence-corrected chi connectivity index (χ2v) is 4.82. The molecule has 1 atom stereocenters. The van der Waals surface area contributed by atoms with Gasteiger partial charge in [-0.2, -0.15) is 0 Å². The summed E-state index contributed by atoms with van der Waals surface area (Å²) in [6.45, 7) is 1.38. The second kappa shape index (κ2) is 5.84. The molecule has 2 N–H and O–H groups in total. The van der Waals surface area contributed by atoms with Gasteiger partial charge in [0.2, 0.25) is 11.8 Å². The molecule has 1 aliphatic heterocycles. The first-order valence-electron chi connectivity index (χ1n) is 6.43. The molecule has 2 amide bonds. The molecule has 0 unspecified atom stereocenters. The van der Waals surface area contributed by atoms with E-state index in [1.165, 1.54) is 0 Å². The van der Waals surface area contributed by atoms with E-state index in [0.717, 1.165) is 12.0 Å². The monoisotopic (exact) mass is 261 g/mol. The van der Waals surface area contributed by atoms with E-state index in [4.69, 9.17) is 5.73 Å². The first kappa shape index (κ1) is 13.5. The first-order chi connectivity index (χ1) is 9.09. The minimum Gasteiger partial charge on any atom is -0.344 e. The molecule has 1 heterocycles. The Hall–Kier alpha value is -1.88. The number of nitrogens with zero attached hydrogens (tertiary/aromatic N) is 2. The summed E-state index contributed by atoms with van der Waals surface area (Å²) >= 11 is 0. The number of nitrogens with two attached hydrogens (primary N) is 1. The highest BCUT2D eigenvalue weighted by Gasteiger charge is 2.27. The quantitative estimate of drug-likeness (QED) is 0.837. The fraction of sp³-hybridized carbons (Fsp3) is 0.429. The van der Waals surface area contributed by atoms with Gasteiger partial charge in [-0.05, 0) is 12.0 Å². The van der Waals surface area contributed by atoms with Crippen molar-refractivity contribution in [3.63, 3.8) is 0 Å². The fourth-order valence-corrected chi connectivity index (χ4v) is 2.17. The molecule has 5 nitrogen and oxygen atoms in total. The summed E-state index contributed by atoms with van der Waals surface area (Å²) in [6, 6.07) is 8.54. The molecule has 1 aliphatic rings. The maximum absolute atomic E-state index is 12.3. The molecule has 0 saturated carbocycles. The van der Waals surface area contributed by atoms with Crippen LogP contribution in [0.2, 0.25) is 0 Å². The minimum absolute atomic E-state index is 0.0360. The molecule has 1 fully saturated rings. The average Bonchev–Trinajstić information content (AvgIpc) is 2.60. The number of hydrogen-bond donors (Lipinski definition) is 1. The van der Waals surface area contributed by atoms with Gasteiger partial charge in [0.15, 0.2) is 0 Å². The highest BCUT2D eigenvalue weighted by Crippen LogP contribution is 2.14. The van der Waals surface area contributed by atoms with E-state index >= 15 is 0 Å². The predicted octanol–water partition coefficient (Wildman–Crippen LogP) is 0.377. The number of carbonyl (C=O) groups is 2. The number of likely N-dealkylation sites (N-methyl/N-ethyl adjacent to an activating group) is 1. The Balaban J connectivity index is 2.09. The van der Waals surface area contributed by atoms with E-state index in [9.17, 15) is 9.59 Å². The zero-order valence-electron chi connectivity index (χ0n) is 11.1. The van der Waals surface area contributed by atoms with Crippen molar-refractivity contribution in [2.45, 2.75) is 12.5 Å². The van der Waals surface area contributed by atoms with Crippen molar-refractivity contribution in [1.29, 1.82) is 0 Å². The third kappa shape index (κ3) is 3.12. The standard InChI is InChI=1S/C14H19N3O2/c1-16-8-5-9-17(10-12(16)18)14(19)13(15)11-6-3-2-4-7-11/h2-4,6-7,13H,5,8-10,15H2,1H3/t13-/m0/s1. The molecular formula is C14H19N3O2. The molecule has 19 heavy (non-hydrogen) atoms. The summed E-state index contributed by atoms with van der Waals surface area (Å²) in [5.41, 5.74) is 6.76. The number of amides is 2. The fourth-order valence-electron chi connectivity index (χ4n) is 2.17. The van der Waals surface area contributed by atoms with Crippen LogP contribution in [0, 0.1) is 0 Å². The van der Waals surface area contributed by atoms with Gasteiger partial charge in [0.25, 0.3) is 0 Å². The molecule has 1 aromatic rings. The Morgan fingerprint density at radius 2 is 1.95 bits per heavy atom. The summed E-state index contributed by atoms with van der Waals surface area (Å²) in [5, 5.41) is 0. The summed E-state index contributed by atoms with van der Waals surface area (Å²) in [7, 11) is 1.76. The highest BCUT2D eigenvalue weighted by atomic mass is 16.2. The Morgan fingerprint density at radius 3 is 2.63 bits per heavy atom. The molecule has 5 heteroatoms. The van der Waals surface area contributed by atoms with Crippen LogP contribution in [0.5, 0.6) is 0 Å². The highest BCUT2D eigenvalue weighted by molar-refractivity contribution is 5.88. The van der Waals surface area contributed by atoms with Gasteiger partial charge >= 0.3 is 0 Å². The zero-order valence-corrected chi connectivity index (χ0v) is 11.1. The number of carbonyl (C=O) groups excluding carboxylic acids is 2. The van der Waals surface area contributed by atoms with Gasteiger partial charge in [0, 0.05) is 20.1 Å². The van der Waals surface area contributed by atoms with Gasteiger partial charge < -0.3 is 15.5 Å². The number of benzene rings is 1. The summed E-state index contributed by atoms with van der Waals surface area (Å²) in [4.78, 5) is 27.3. The van der Waals surface area contributed by atoms with Crippen molar-refractivity contribution < 1.29 is 9.59 Å². The van der Waals surface area contributed by atoms with E-state index in [1.807, 2.05) is 30.3 Å². The van der Waals surface area contributed by atoms with E-state index in [-0.39, 0.29) is 18.4 Å². The maximum Gasteiger partial charge on any atom is 0.244 e. The number of rotatable bonds is 2. The van der Waals surface area contributed by atoms with Crippen LogP contribution in [0.15, 0.2) is 30.3 Å². The van der Waals surface area contributed by atoms with Crippen molar-refractivity contribution in [3.05, 3.63) is 35.9 Å². The van der Waals surface area contributed by atoms with Crippen LogP contribution in [0.4, 0.5) is 0 Å². The van der Waals surface area contributed by atoms with Gasteiger partial charge in [-0.15, -0.1) is 0 Å². The molecule has 1 saturated heterocycles. The lowest BCUT2D eigenvalue weighted by atomic mass is 10.1. The van der Waals surface area contributed by atoms with Crippen LogP contribution in [-0.2, 0) is 9.59 Å². The van der Waals surface area contributed by atoms with E-state index in [2.05, 4.69) is 0 Å². The summed E-state index contributed by atoms with van der Waals surface area (Å²) in [6.07, 6.45) is 0.787. The smallest absolute Gasteiger partial charge is 0.244 e. The minimum atomic E-state index is -0.697. The molecular weight excluding hydrogens is 242 g/mol. The van der Waals surface area contributed by atoms with Gasteiger partial charge in [0.1, 0.15) is 6.04 Å². The SMILES string of the molecule is CN1CCCN(C(=O)[C@@H](N)c2ccccc2)CC1=O. The van der Waals surface area contributed by atoms with Gasteiger partial charge in [0.05, 0.1) is 6.54 Å². The van der Waals surface area contributed by atoms with Crippen LogP contribution in [-0.4, -0.2) is 48.3 Å². The third-order valence-corrected chi connectivity index (χ3v) is 3.41. The first-order valence-corrected chi connectivity index (χ1v) is 6.43. The Bertz CT molecular complexity index is 461. The number of hydrogen-bond acceptors (Lipinski definition) is 3. The van der Waals surface area contributed by atoms with Crippen LogP contribution in [0.3, 0.4) is 0 Å². The molecule has 2 rings (SSSR count). The molecule has 0 aromatic heterocycles. The molecule has 0 spiro atoms. The Kier molecular flexibility index (Phi) is 4.16.